The fraction of sp³-hybridized carbons (Fsp3) is 0.130. The first-order chi connectivity index (χ1) is 14.4. The van der Waals surface area contributed by atoms with Gasteiger partial charge in [0.15, 0.2) is 0 Å². The molecular weight excluding hydrogens is 398 g/mol. The van der Waals surface area contributed by atoms with Crippen molar-refractivity contribution in [1.29, 1.82) is 5.26 Å². The molecule has 3 aromatic rings. The summed E-state index contributed by atoms with van der Waals surface area (Å²) in [4.78, 5) is 12.5. The van der Waals surface area contributed by atoms with Gasteiger partial charge >= 0.3 is 0 Å². The lowest BCUT2D eigenvalue weighted by atomic mass is 10.1. The summed E-state index contributed by atoms with van der Waals surface area (Å²) in [5.74, 6) is -0.382. The second-order valence-corrected chi connectivity index (χ2v) is 8.49. The Labute approximate surface area is 176 Å². The maximum Gasteiger partial charge on any atom is 0.251 e. The molecule has 0 saturated heterocycles. The molecule has 0 aromatic heterocycles. The van der Waals surface area contributed by atoms with Crippen LogP contribution in [0.3, 0.4) is 0 Å². The van der Waals surface area contributed by atoms with Gasteiger partial charge in [0.1, 0.15) is 0 Å². The highest BCUT2D eigenvalue weighted by molar-refractivity contribution is 7.89. The summed E-state index contributed by atoms with van der Waals surface area (Å²) in [6.45, 7) is 2.03. The first-order valence-electron chi connectivity index (χ1n) is 9.33. The Kier molecular flexibility index (Phi) is 6.62. The van der Waals surface area contributed by atoms with Gasteiger partial charge in [-0.2, -0.15) is 5.26 Å². The summed E-state index contributed by atoms with van der Waals surface area (Å²) in [5.41, 5.74) is 2.47. The van der Waals surface area contributed by atoms with E-state index < -0.39 is 16.1 Å². The number of carbonyl (C=O) groups is 1. The van der Waals surface area contributed by atoms with Gasteiger partial charge in [0.25, 0.3) is 5.91 Å². The van der Waals surface area contributed by atoms with Crippen LogP contribution in [0, 0.1) is 11.3 Å². The Morgan fingerprint density at radius 1 is 1.00 bits per heavy atom. The molecule has 0 radical (unpaired) electrons. The highest BCUT2D eigenvalue weighted by atomic mass is 32.2. The van der Waals surface area contributed by atoms with Gasteiger partial charge in [0, 0.05) is 18.2 Å². The molecule has 0 aliphatic carbocycles. The Bertz CT molecular complexity index is 1170. The van der Waals surface area contributed by atoms with E-state index in [0.717, 1.165) is 11.1 Å². The van der Waals surface area contributed by atoms with Crippen molar-refractivity contribution in [2.75, 3.05) is 0 Å². The van der Waals surface area contributed by atoms with Gasteiger partial charge in [-0.25, -0.2) is 13.1 Å². The van der Waals surface area contributed by atoms with E-state index >= 15 is 0 Å². The molecule has 0 aliphatic heterocycles. The highest BCUT2D eigenvalue weighted by Gasteiger charge is 2.19. The monoisotopic (exact) mass is 419 g/mol. The zero-order valence-electron chi connectivity index (χ0n) is 16.4. The minimum absolute atomic E-state index is 0.0244. The average Bonchev–Trinajstić information content (AvgIpc) is 2.78. The lowest BCUT2D eigenvalue weighted by Gasteiger charge is -2.15. The van der Waals surface area contributed by atoms with Crippen molar-refractivity contribution in [3.8, 4) is 6.07 Å². The van der Waals surface area contributed by atoms with E-state index in [2.05, 4.69) is 10.0 Å². The van der Waals surface area contributed by atoms with Gasteiger partial charge in [0.05, 0.1) is 16.5 Å². The Morgan fingerprint density at radius 3 is 2.37 bits per heavy atom. The molecule has 30 heavy (non-hydrogen) atoms. The summed E-state index contributed by atoms with van der Waals surface area (Å²) >= 11 is 0. The van der Waals surface area contributed by atoms with Gasteiger partial charge in [0.2, 0.25) is 10.0 Å². The van der Waals surface area contributed by atoms with Crippen LogP contribution in [0.2, 0.25) is 0 Å². The van der Waals surface area contributed by atoms with Gasteiger partial charge in [-0.05, 0) is 48.4 Å². The van der Waals surface area contributed by atoms with Crippen molar-refractivity contribution < 1.29 is 13.2 Å². The number of amides is 1. The Balaban J connectivity index is 1.69. The van der Waals surface area contributed by atoms with Crippen LogP contribution in [0.25, 0.3) is 0 Å². The molecule has 0 heterocycles. The second-order valence-electron chi connectivity index (χ2n) is 6.77. The molecule has 3 rings (SSSR count). The SMILES string of the molecule is CC(NS(=O)(=O)c1cccc(C(=O)NCc2ccc(C#N)cc2)c1)c1ccccc1. The molecule has 1 amide bonds. The third-order valence-electron chi connectivity index (χ3n) is 4.57. The molecule has 0 aliphatic rings. The normalized spacial score (nSPS) is 12.0. The topological polar surface area (TPSA) is 99.1 Å². The number of carbonyl (C=O) groups excluding carboxylic acids is 1. The number of nitriles is 1. The predicted molar refractivity (Wildman–Crippen MR) is 114 cm³/mol. The predicted octanol–water partition coefficient (Wildman–Crippen LogP) is 3.53. The standard InChI is InChI=1S/C23H21N3O3S/c1-17(20-6-3-2-4-7-20)26-30(28,29)22-9-5-8-21(14-22)23(27)25-16-19-12-10-18(15-24)11-13-19/h2-14,17,26H,16H2,1H3,(H,25,27). The van der Waals surface area contributed by atoms with E-state index in [1.165, 1.54) is 12.1 Å². The van der Waals surface area contributed by atoms with Crippen LogP contribution in [-0.2, 0) is 16.6 Å². The quantitative estimate of drug-likeness (QED) is 0.612. The van der Waals surface area contributed by atoms with Gasteiger partial charge in [-0.3, -0.25) is 4.79 Å². The lowest BCUT2D eigenvalue weighted by molar-refractivity contribution is 0.0950. The largest absolute Gasteiger partial charge is 0.348 e. The third-order valence-corrected chi connectivity index (χ3v) is 6.11. The fourth-order valence-corrected chi connectivity index (χ4v) is 4.17. The van der Waals surface area contributed by atoms with Gasteiger partial charge in [-0.15, -0.1) is 0 Å². The Morgan fingerprint density at radius 2 is 1.70 bits per heavy atom. The zero-order chi connectivity index (χ0) is 21.6. The van der Waals surface area contributed by atoms with Gasteiger partial charge < -0.3 is 5.32 Å². The van der Waals surface area contributed by atoms with Crippen molar-refractivity contribution in [3.63, 3.8) is 0 Å². The van der Waals surface area contributed by atoms with Crippen LogP contribution in [0.1, 0.15) is 40.0 Å². The van der Waals surface area contributed by atoms with E-state index in [9.17, 15) is 13.2 Å². The van der Waals surface area contributed by atoms with Crippen molar-refractivity contribution >= 4 is 15.9 Å². The number of hydrogen-bond acceptors (Lipinski definition) is 4. The summed E-state index contributed by atoms with van der Waals surface area (Å²) in [6.07, 6.45) is 0. The van der Waals surface area contributed by atoms with Gasteiger partial charge in [-0.1, -0.05) is 48.5 Å². The van der Waals surface area contributed by atoms with Crippen LogP contribution in [0.15, 0.2) is 83.8 Å². The summed E-state index contributed by atoms with van der Waals surface area (Å²) in [5, 5.41) is 11.6. The number of benzene rings is 3. The maximum absolute atomic E-state index is 12.8. The molecular formula is C23H21N3O3S. The van der Waals surface area contributed by atoms with Crippen LogP contribution in [0.5, 0.6) is 0 Å². The first kappa shape index (κ1) is 21.2. The van der Waals surface area contributed by atoms with E-state index in [1.54, 1.807) is 43.3 Å². The smallest absolute Gasteiger partial charge is 0.251 e. The van der Waals surface area contributed by atoms with E-state index in [1.807, 2.05) is 36.4 Å². The average molecular weight is 420 g/mol. The summed E-state index contributed by atoms with van der Waals surface area (Å²) in [6, 6.07) is 23.7. The molecule has 0 spiro atoms. The molecule has 0 fully saturated rings. The zero-order valence-corrected chi connectivity index (χ0v) is 17.2. The van der Waals surface area contributed by atoms with Crippen molar-refractivity contribution in [3.05, 3.63) is 101 Å². The molecule has 0 saturated carbocycles. The number of sulfonamides is 1. The molecule has 7 heteroatoms. The lowest BCUT2D eigenvalue weighted by Crippen LogP contribution is -2.27. The van der Waals surface area contributed by atoms with E-state index in [4.69, 9.17) is 5.26 Å². The third kappa shape index (κ3) is 5.32. The van der Waals surface area contributed by atoms with Crippen LogP contribution in [0.4, 0.5) is 0 Å². The number of nitrogens with zero attached hydrogens (tertiary/aromatic N) is 1. The summed E-state index contributed by atoms with van der Waals surface area (Å²) < 4.78 is 28.2. The van der Waals surface area contributed by atoms with Crippen molar-refractivity contribution in [2.45, 2.75) is 24.4 Å². The highest BCUT2D eigenvalue weighted by Crippen LogP contribution is 2.18. The van der Waals surface area contributed by atoms with Crippen LogP contribution in [-0.4, -0.2) is 14.3 Å². The van der Waals surface area contributed by atoms with Crippen LogP contribution < -0.4 is 10.0 Å². The van der Waals surface area contributed by atoms with E-state index in [0.29, 0.717) is 5.56 Å². The van der Waals surface area contributed by atoms with Crippen LogP contribution >= 0.6 is 0 Å². The molecule has 3 aromatic carbocycles. The van der Waals surface area contributed by atoms with Crippen molar-refractivity contribution in [2.24, 2.45) is 0 Å². The fourth-order valence-electron chi connectivity index (χ4n) is 2.90. The Hall–Kier alpha value is -3.47. The summed E-state index contributed by atoms with van der Waals surface area (Å²) in [7, 11) is -3.80. The van der Waals surface area contributed by atoms with Crippen molar-refractivity contribution in [1.82, 2.24) is 10.0 Å². The maximum atomic E-state index is 12.8. The molecule has 0 bridgehead atoms. The molecule has 6 nitrogen and oxygen atoms in total. The second kappa shape index (κ2) is 9.35. The minimum Gasteiger partial charge on any atom is -0.348 e. The number of nitrogens with one attached hydrogen (secondary N) is 2. The minimum atomic E-state index is -3.80. The van der Waals surface area contributed by atoms with E-state index in [-0.39, 0.29) is 22.9 Å². The number of hydrogen-bond donors (Lipinski definition) is 2. The first-order valence-corrected chi connectivity index (χ1v) is 10.8. The molecule has 1 unspecified atom stereocenters. The molecule has 2 N–H and O–H groups in total. The number of rotatable bonds is 7. The molecule has 152 valence electrons. The molecule has 1 atom stereocenters.